The summed E-state index contributed by atoms with van der Waals surface area (Å²) >= 11 is 0. The van der Waals surface area contributed by atoms with Crippen LogP contribution < -0.4 is 9.47 Å². The Balaban J connectivity index is 1.94. The van der Waals surface area contributed by atoms with Gasteiger partial charge in [0.15, 0.2) is 0 Å². The number of hydrogen-bond donors (Lipinski definition) is 1. The number of ether oxygens (including phenoxy) is 2. The van der Waals surface area contributed by atoms with Gasteiger partial charge in [0, 0.05) is 5.56 Å². The van der Waals surface area contributed by atoms with Gasteiger partial charge in [-0.3, -0.25) is 4.79 Å². The zero-order valence-electron chi connectivity index (χ0n) is 11.9. The SMILES string of the molecule is CC(C)Oc1ccc(C2C(=O)Oc3ccc(O)cc32)cc1. The molecular formula is C17H16O4. The highest BCUT2D eigenvalue weighted by molar-refractivity contribution is 5.89. The van der Waals surface area contributed by atoms with Crippen molar-refractivity contribution < 1.29 is 19.4 Å². The largest absolute Gasteiger partial charge is 0.508 e. The minimum Gasteiger partial charge on any atom is -0.508 e. The van der Waals surface area contributed by atoms with Crippen LogP contribution in [0.15, 0.2) is 42.5 Å². The lowest BCUT2D eigenvalue weighted by molar-refractivity contribution is -0.133. The zero-order valence-corrected chi connectivity index (χ0v) is 11.9. The van der Waals surface area contributed by atoms with Crippen LogP contribution in [0.1, 0.15) is 30.9 Å². The average Bonchev–Trinajstić information content (AvgIpc) is 2.74. The molecule has 21 heavy (non-hydrogen) atoms. The molecule has 4 heteroatoms. The molecular weight excluding hydrogens is 268 g/mol. The lowest BCUT2D eigenvalue weighted by Crippen LogP contribution is -2.11. The Hall–Kier alpha value is -2.49. The fraction of sp³-hybridized carbons (Fsp3) is 0.235. The molecule has 0 aliphatic carbocycles. The molecule has 4 nitrogen and oxygen atoms in total. The van der Waals surface area contributed by atoms with E-state index in [4.69, 9.17) is 9.47 Å². The fourth-order valence-electron chi connectivity index (χ4n) is 2.48. The van der Waals surface area contributed by atoms with Gasteiger partial charge in [0.05, 0.1) is 6.10 Å². The molecule has 0 amide bonds. The molecule has 1 N–H and O–H groups in total. The number of hydrogen-bond acceptors (Lipinski definition) is 4. The first kappa shape index (κ1) is 13.5. The van der Waals surface area contributed by atoms with Gasteiger partial charge in [-0.05, 0) is 49.7 Å². The molecule has 0 saturated heterocycles. The number of esters is 1. The van der Waals surface area contributed by atoms with E-state index < -0.39 is 5.92 Å². The predicted octanol–water partition coefficient (Wildman–Crippen LogP) is 3.23. The number of carbonyl (C=O) groups excluding carboxylic acids is 1. The van der Waals surface area contributed by atoms with E-state index >= 15 is 0 Å². The maximum atomic E-state index is 12.1. The molecule has 108 valence electrons. The molecule has 0 fully saturated rings. The Morgan fingerprint density at radius 2 is 1.86 bits per heavy atom. The number of phenols is 1. The minimum absolute atomic E-state index is 0.102. The maximum absolute atomic E-state index is 12.1. The third-order valence-corrected chi connectivity index (χ3v) is 3.34. The predicted molar refractivity (Wildman–Crippen MR) is 77.8 cm³/mol. The second kappa shape index (κ2) is 5.13. The molecule has 2 aromatic carbocycles. The first-order valence-corrected chi connectivity index (χ1v) is 6.86. The molecule has 0 aromatic heterocycles. The van der Waals surface area contributed by atoms with E-state index in [0.717, 1.165) is 11.3 Å². The monoisotopic (exact) mass is 284 g/mol. The fourth-order valence-corrected chi connectivity index (χ4v) is 2.48. The number of carbonyl (C=O) groups is 1. The minimum atomic E-state index is -0.500. The summed E-state index contributed by atoms with van der Waals surface area (Å²) in [5.74, 6) is 0.562. The molecule has 0 spiro atoms. The summed E-state index contributed by atoms with van der Waals surface area (Å²) in [5.41, 5.74) is 1.51. The summed E-state index contributed by atoms with van der Waals surface area (Å²) in [5, 5.41) is 9.60. The molecule has 1 aliphatic rings. The molecule has 1 aliphatic heterocycles. The molecule has 0 radical (unpaired) electrons. The van der Waals surface area contributed by atoms with Crippen LogP contribution in [0.3, 0.4) is 0 Å². The molecule has 0 bridgehead atoms. The van der Waals surface area contributed by atoms with Gasteiger partial charge >= 0.3 is 5.97 Å². The first-order valence-electron chi connectivity index (χ1n) is 6.86. The highest BCUT2D eigenvalue weighted by Gasteiger charge is 2.34. The van der Waals surface area contributed by atoms with Gasteiger partial charge in [-0.25, -0.2) is 0 Å². The third-order valence-electron chi connectivity index (χ3n) is 3.34. The maximum Gasteiger partial charge on any atom is 0.323 e. The van der Waals surface area contributed by atoms with Crippen LogP contribution in [-0.2, 0) is 4.79 Å². The highest BCUT2D eigenvalue weighted by Crippen LogP contribution is 2.41. The average molecular weight is 284 g/mol. The Morgan fingerprint density at radius 1 is 1.14 bits per heavy atom. The van der Waals surface area contributed by atoms with Crippen LogP contribution in [0.4, 0.5) is 0 Å². The van der Waals surface area contributed by atoms with Crippen molar-refractivity contribution in [3.63, 3.8) is 0 Å². The molecule has 3 rings (SSSR count). The molecule has 1 unspecified atom stereocenters. The Bertz CT molecular complexity index is 674. The number of benzene rings is 2. The Kier molecular flexibility index (Phi) is 3.29. The zero-order chi connectivity index (χ0) is 15.0. The van der Waals surface area contributed by atoms with E-state index in [1.165, 1.54) is 6.07 Å². The van der Waals surface area contributed by atoms with E-state index in [1.54, 1.807) is 12.1 Å². The Morgan fingerprint density at radius 3 is 2.52 bits per heavy atom. The van der Waals surface area contributed by atoms with Crippen molar-refractivity contribution in [2.75, 3.05) is 0 Å². The summed E-state index contributed by atoms with van der Waals surface area (Å²) in [4.78, 5) is 12.1. The number of phenolic OH excluding ortho intramolecular Hbond substituents is 1. The van der Waals surface area contributed by atoms with Crippen LogP contribution in [0.2, 0.25) is 0 Å². The summed E-state index contributed by atoms with van der Waals surface area (Å²) in [7, 11) is 0. The van der Waals surface area contributed by atoms with Crippen LogP contribution >= 0.6 is 0 Å². The quantitative estimate of drug-likeness (QED) is 0.694. The van der Waals surface area contributed by atoms with Crippen molar-refractivity contribution in [2.45, 2.75) is 25.9 Å². The normalized spacial score (nSPS) is 16.7. The van der Waals surface area contributed by atoms with E-state index in [0.29, 0.717) is 11.3 Å². The van der Waals surface area contributed by atoms with Crippen LogP contribution in [0.25, 0.3) is 0 Å². The van der Waals surface area contributed by atoms with E-state index in [2.05, 4.69) is 0 Å². The van der Waals surface area contributed by atoms with E-state index in [9.17, 15) is 9.90 Å². The lowest BCUT2D eigenvalue weighted by Gasteiger charge is -2.12. The van der Waals surface area contributed by atoms with E-state index in [1.807, 2.05) is 38.1 Å². The highest BCUT2D eigenvalue weighted by atomic mass is 16.5. The molecule has 0 saturated carbocycles. The number of rotatable bonds is 3. The van der Waals surface area contributed by atoms with Crippen molar-refractivity contribution in [1.82, 2.24) is 0 Å². The van der Waals surface area contributed by atoms with Gasteiger partial charge in [0.1, 0.15) is 23.2 Å². The topological polar surface area (TPSA) is 55.8 Å². The van der Waals surface area contributed by atoms with Crippen molar-refractivity contribution in [1.29, 1.82) is 0 Å². The van der Waals surface area contributed by atoms with Crippen molar-refractivity contribution in [3.05, 3.63) is 53.6 Å². The van der Waals surface area contributed by atoms with Gasteiger partial charge in [-0.1, -0.05) is 12.1 Å². The summed E-state index contributed by atoms with van der Waals surface area (Å²) in [6, 6.07) is 12.1. The van der Waals surface area contributed by atoms with Crippen molar-refractivity contribution >= 4 is 5.97 Å². The Labute approximate surface area is 122 Å². The van der Waals surface area contributed by atoms with Crippen LogP contribution in [-0.4, -0.2) is 17.2 Å². The van der Waals surface area contributed by atoms with Crippen LogP contribution in [0.5, 0.6) is 17.2 Å². The van der Waals surface area contributed by atoms with E-state index in [-0.39, 0.29) is 17.8 Å². The second-order valence-electron chi connectivity index (χ2n) is 5.31. The second-order valence-corrected chi connectivity index (χ2v) is 5.31. The summed E-state index contributed by atoms with van der Waals surface area (Å²) in [6.45, 7) is 3.92. The molecule has 1 atom stereocenters. The van der Waals surface area contributed by atoms with Crippen LogP contribution in [0, 0.1) is 0 Å². The first-order chi connectivity index (χ1) is 10.0. The van der Waals surface area contributed by atoms with Gasteiger partial charge in [-0.15, -0.1) is 0 Å². The van der Waals surface area contributed by atoms with Crippen molar-refractivity contribution in [2.24, 2.45) is 0 Å². The molecule has 1 heterocycles. The lowest BCUT2D eigenvalue weighted by atomic mass is 9.92. The number of fused-ring (bicyclic) bond motifs is 1. The van der Waals surface area contributed by atoms with Gasteiger partial charge in [0.25, 0.3) is 0 Å². The van der Waals surface area contributed by atoms with Gasteiger partial charge in [-0.2, -0.15) is 0 Å². The summed E-state index contributed by atoms with van der Waals surface area (Å²) < 4.78 is 10.8. The standard InChI is InChI=1S/C17H16O4/c1-10(2)20-13-6-3-11(4-7-13)16-14-9-12(18)5-8-15(14)21-17(16)19/h3-10,16,18H,1-2H3. The summed E-state index contributed by atoms with van der Waals surface area (Å²) in [6.07, 6.45) is 0.102. The third kappa shape index (κ3) is 2.57. The number of aromatic hydroxyl groups is 1. The van der Waals surface area contributed by atoms with Gasteiger partial charge in [0.2, 0.25) is 0 Å². The smallest absolute Gasteiger partial charge is 0.323 e. The molecule has 2 aromatic rings. The van der Waals surface area contributed by atoms with Gasteiger partial charge < -0.3 is 14.6 Å². The van der Waals surface area contributed by atoms with Crippen molar-refractivity contribution in [3.8, 4) is 17.2 Å².